The summed E-state index contributed by atoms with van der Waals surface area (Å²) in [6.07, 6.45) is 3.52. The van der Waals surface area contributed by atoms with Crippen molar-refractivity contribution in [2.75, 3.05) is 5.32 Å². The summed E-state index contributed by atoms with van der Waals surface area (Å²) in [5.41, 5.74) is 4.23. The van der Waals surface area contributed by atoms with Gasteiger partial charge in [-0.1, -0.05) is 58.7 Å². The minimum atomic E-state index is -0.369. The van der Waals surface area contributed by atoms with Crippen LogP contribution in [0.3, 0.4) is 0 Å². The Hall–Kier alpha value is -2.92. The summed E-state index contributed by atoms with van der Waals surface area (Å²) in [5, 5.41) is 11.0. The summed E-state index contributed by atoms with van der Waals surface area (Å²) in [4.78, 5) is 12.0. The fraction of sp³-hybridized carbons (Fsp3) is 0.150. The molecular weight excluding hydrogens is 350 g/mol. The van der Waals surface area contributed by atoms with Gasteiger partial charge in [0.25, 0.3) is 5.91 Å². The van der Waals surface area contributed by atoms with E-state index in [4.69, 9.17) is 16.0 Å². The highest BCUT2D eigenvalue weighted by Crippen LogP contribution is 2.17. The van der Waals surface area contributed by atoms with Gasteiger partial charge in [0.15, 0.2) is 0 Å². The Morgan fingerprint density at radius 1 is 1.19 bits per heavy atom. The number of halogens is 1. The molecule has 1 N–H and O–H groups in total. The van der Waals surface area contributed by atoms with Crippen molar-refractivity contribution in [2.45, 2.75) is 20.3 Å². The molecule has 0 saturated carbocycles. The fourth-order valence-corrected chi connectivity index (χ4v) is 2.70. The molecule has 26 heavy (non-hydrogen) atoms. The van der Waals surface area contributed by atoms with Crippen LogP contribution in [0.5, 0.6) is 0 Å². The largest absolute Gasteiger partial charge is 0.407 e. The van der Waals surface area contributed by atoms with Crippen molar-refractivity contribution >= 4 is 29.6 Å². The minimum absolute atomic E-state index is 0.0681. The average molecular weight is 368 g/mol. The van der Waals surface area contributed by atoms with Gasteiger partial charge < -0.3 is 4.42 Å². The molecule has 0 aliphatic carbocycles. The van der Waals surface area contributed by atoms with E-state index in [0.717, 1.165) is 16.7 Å². The summed E-state index contributed by atoms with van der Waals surface area (Å²) in [5.74, 6) is 0.0778. The Bertz CT molecular complexity index is 963. The molecule has 3 aromatic rings. The molecule has 5 nitrogen and oxygen atoms in total. The van der Waals surface area contributed by atoms with Crippen molar-refractivity contribution in [1.82, 2.24) is 10.2 Å². The van der Waals surface area contributed by atoms with Crippen LogP contribution in [0.2, 0.25) is 5.02 Å². The van der Waals surface area contributed by atoms with Crippen LogP contribution in [-0.2, 0) is 11.2 Å². The number of nitrogens with one attached hydrogen (secondary N) is 1. The topological polar surface area (TPSA) is 68.0 Å². The lowest BCUT2D eigenvalue weighted by atomic mass is 10.0. The Kier molecular flexibility index (Phi) is 5.49. The lowest BCUT2D eigenvalue weighted by Crippen LogP contribution is -2.07. The highest BCUT2D eigenvalue weighted by atomic mass is 35.5. The Morgan fingerprint density at radius 2 is 2.00 bits per heavy atom. The van der Waals surface area contributed by atoms with Crippen LogP contribution in [-0.4, -0.2) is 16.1 Å². The second-order valence-electron chi connectivity index (χ2n) is 5.95. The molecule has 0 radical (unpaired) electrons. The van der Waals surface area contributed by atoms with Crippen LogP contribution in [0.25, 0.3) is 6.08 Å². The Morgan fingerprint density at radius 3 is 2.77 bits per heavy atom. The molecule has 0 unspecified atom stereocenters. The molecule has 0 spiro atoms. The molecule has 6 heteroatoms. The first-order valence-electron chi connectivity index (χ1n) is 8.13. The van der Waals surface area contributed by atoms with Crippen molar-refractivity contribution in [1.29, 1.82) is 0 Å². The van der Waals surface area contributed by atoms with E-state index in [0.29, 0.717) is 17.3 Å². The van der Waals surface area contributed by atoms with E-state index in [1.807, 2.05) is 44.2 Å². The van der Waals surface area contributed by atoms with Crippen LogP contribution < -0.4 is 5.32 Å². The van der Waals surface area contributed by atoms with Crippen LogP contribution in [0.1, 0.15) is 28.1 Å². The number of carbonyl (C=O) groups is 1. The van der Waals surface area contributed by atoms with Crippen molar-refractivity contribution in [3.63, 3.8) is 0 Å². The summed E-state index contributed by atoms with van der Waals surface area (Å²) < 4.78 is 5.51. The van der Waals surface area contributed by atoms with Gasteiger partial charge in [0.2, 0.25) is 5.89 Å². The molecule has 0 aliphatic heterocycles. The molecule has 0 bridgehead atoms. The first kappa shape index (κ1) is 17.9. The number of rotatable bonds is 5. The molecule has 2 aromatic carbocycles. The molecule has 1 heterocycles. The predicted octanol–water partition coefficient (Wildman–Crippen LogP) is 4.58. The van der Waals surface area contributed by atoms with Gasteiger partial charge in [-0.3, -0.25) is 10.1 Å². The van der Waals surface area contributed by atoms with Gasteiger partial charge in [-0.25, -0.2) is 0 Å². The third kappa shape index (κ3) is 4.58. The monoisotopic (exact) mass is 367 g/mol. The lowest BCUT2D eigenvalue weighted by Gasteiger charge is -2.03. The van der Waals surface area contributed by atoms with Crippen molar-refractivity contribution in [2.24, 2.45) is 0 Å². The maximum Gasteiger partial charge on any atom is 0.322 e. The minimum Gasteiger partial charge on any atom is -0.407 e. The molecule has 0 saturated heterocycles. The highest BCUT2D eigenvalue weighted by Gasteiger charge is 2.10. The normalized spacial score (nSPS) is 11.0. The predicted molar refractivity (Wildman–Crippen MR) is 102 cm³/mol. The number of nitrogens with zero attached hydrogens (tertiary/aromatic N) is 2. The number of aryl methyl sites for hydroxylation is 2. The van der Waals surface area contributed by atoms with E-state index in [2.05, 4.69) is 21.6 Å². The van der Waals surface area contributed by atoms with Gasteiger partial charge in [0.1, 0.15) is 0 Å². The highest BCUT2D eigenvalue weighted by molar-refractivity contribution is 6.32. The van der Waals surface area contributed by atoms with Crippen LogP contribution in [0.4, 0.5) is 6.01 Å². The van der Waals surface area contributed by atoms with Crippen LogP contribution in [0.15, 0.2) is 53.0 Å². The number of hydrogen-bond acceptors (Lipinski definition) is 4. The average Bonchev–Trinajstić information content (AvgIpc) is 3.04. The molecule has 1 aromatic heterocycles. The standard InChI is InChI=1S/C20H18ClN3O2/c1-13-7-8-16(14(2)11-13)12-19-23-24-20(26-19)22-18(25)10-9-15-5-3-4-6-17(15)21/h3-11H,12H2,1-2H3,(H,22,24,25)/b10-9+. The zero-order chi connectivity index (χ0) is 18.5. The number of hydrogen-bond donors (Lipinski definition) is 1. The van der Waals surface area contributed by atoms with Gasteiger partial charge in [-0.2, -0.15) is 0 Å². The van der Waals surface area contributed by atoms with E-state index in [1.165, 1.54) is 11.6 Å². The lowest BCUT2D eigenvalue weighted by molar-refractivity contribution is -0.112. The van der Waals surface area contributed by atoms with Crippen molar-refractivity contribution in [3.8, 4) is 0 Å². The second kappa shape index (κ2) is 7.97. The molecule has 3 rings (SSSR count). The number of benzene rings is 2. The molecular formula is C20H18ClN3O2. The molecule has 0 fully saturated rings. The molecule has 0 atom stereocenters. The zero-order valence-corrected chi connectivity index (χ0v) is 15.2. The summed E-state index contributed by atoms with van der Waals surface area (Å²) in [6.45, 7) is 4.09. The number of aromatic nitrogens is 2. The third-order valence-electron chi connectivity index (χ3n) is 3.86. The van der Waals surface area contributed by atoms with E-state index in [1.54, 1.807) is 12.1 Å². The van der Waals surface area contributed by atoms with Crippen LogP contribution in [0, 0.1) is 13.8 Å². The van der Waals surface area contributed by atoms with Gasteiger partial charge in [0.05, 0.1) is 6.42 Å². The third-order valence-corrected chi connectivity index (χ3v) is 4.20. The summed E-state index contributed by atoms with van der Waals surface area (Å²) >= 11 is 6.05. The molecule has 1 amide bonds. The Labute approximate surface area is 156 Å². The van der Waals surface area contributed by atoms with Crippen molar-refractivity contribution in [3.05, 3.63) is 81.7 Å². The second-order valence-corrected chi connectivity index (χ2v) is 6.36. The SMILES string of the molecule is Cc1ccc(Cc2nnc(NC(=O)/C=C/c3ccccc3Cl)o2)c(C)c1. The van der Waals surface area contributed by atoms with E-state index in [9.17, 15) is 4.79 Å². The van der Waals surface area contributed by atoms with Gasteiger partial charge in [0, 0.05) is 11.1 Å². The quantitative estimate of drug-likeness (QED) is 0.670. The van der Waals surface area contributed by atoms with E-state index in [-0.39, 0.29) is 11.9 Å². The van der Waals surface area contributed by atoms with Gasteiger partial charge in [-0.15, -0.1) is 5.10 Å². The zero-order valence-electron chi connectivity index (χ0n) is 14.5. The van der Waals surface area contributed by atoms with E-state index < -0.39 is 0 Å². The number of amides is 1. The summed E-state index contributed by atoms with van der Waals surface area (Å²) in [6, 6.07) is 13.5. The van der Waals surface area contributed by atoms with E-state index >= 15 is 0 Å². The molecule has 0 aliphatic rings. The maximum absolute atomic E-state index is 12.0. The van der Waals surface area contributed by atoms with Crippen LogP contribution >= 0.6 is 11.6 Å². The summed E-state index contributed by atoms with van der Waals surface area (Å²) in [7, 11) is 0. The first-order valence-corrected chi connectivity index (χ1v) is 8.51. The maximum atomic E-state index is 12.0. The smallest absolute Gasteiger partial charge is 0.322 e. The van der Waals surface area contributed by atoms with Gasteiger partial charge in [-0.05, 0) is 42.7 Å². The molecule has 132 valence electrons. The van der Waals surface area contributed by atoms with Gasteiger partial charge >= 0.3 is 6.01 Å². The number of anilines is 1. The van der Waals surface area contributed by atoms with Crippen molar-refractivity contribution < 1.29 is 9.21 Å². The Balaban J connectivity index is 1.63. The fourth-order valence-electron chi connectivity index (χ4n) is 2.51. The number of carbonyl (C=O) groups excluding carboxylic acids is 1. The first-order chi connectivity index (χ1) is 12.5.